The van der Waals surface area contributed by atoms with Crippen LogP contribution in [0.5, 0.6) is 0 Å². The predicted molar refractivity (Wildman–Crippen MR) is 128 cm³/mol. The Balaban J connectivity index is 0.00000289. The molecule has 0 saturated carbocycles. The lowest BCUT2D eigenvalue weighted by Crippen LogP contribution is -3.00. The molecule has 2 atom stereocenters. The molecule has 35 heavy (non-hydrogen) atoms. The number of carbonyl (C=O) groups is 2. The van der Waals surface area contributed by atoms with Crippen molar-refractivity contribution < 1.29 is 40.2 Å². The van der Waals surface area contributed by atoms with E-state index in [1.165, 1.54) is 18.6 Å². The van der Waals surface area contributed by atoms with Crippen molar-refractivity contribution >= 4 is 11.8 Å². The van der Waals surface area contributed by atoms with Gasteiger partial charge < -0.3 is 26.2 Å². The molecule has 0 aromatic heterocycles. The van der Waals surface area contributed by atoms with Gasteiger partial charge in [-0.15, -0.1) is 0 Å². The number of piperidine rings is 4. The van der Waals surface area contributed by atoms with Crippen molar-refractivity contribution in [3.63, 3.8) is 0 Å². The summed E-state index contributed by atoms with van der Waals surface area (Å²) in [5, 5.41) is 0. The van der Waals surface area contributed by atoms with Crippen LogP contribution < -0.4 is 17.0 Å². The quantitative estimate of drug-likeness (QED) is 0.300. The highest BCUT2D eigenvalue weighted by Crippen LogP contribution is 2.37. The molecule has 4 aliphatic heterocycles. The van der Waals surface area contributed by atoms with Gasteiger partial charge in [-0.25, -0.2) is 9.18 Å². The van der Waals surface area contributed by atoms with Gasteiger partial charge in [0.25, 0.3) is 0 Å². The fraction of sp³-hybridized carbons (Fsp3) is 0.500. The van der Waals surface area contributed by atoms with Crippen molar-refractivity contribution in [2.45, 2.75) is 44.2 Å². The summed E-state index contributed by atoms with van der Waals surface area (Å²) in [6.07, 6.45) is 5.14. The Morgan fingerprint density at radius 2 is 1.71 bits per heavy atom. The zero-order chi connectivity index (χ0) is 23.5. The predicted octanol–water partition coefficient (Wildman–Crippen LogP) is 1.39. The first-order chi connectivity index (χ1) is 16.5. The topological polar surface area (TPSA) is 46.6 Å². The fourth-order valence-corrected chi connectivity index (χ4v) is 6.16. The summed E-state index contributed by atoms with van der Waals surface area (Å²) >= 11 is 0. The van der Waals surface area contributed by atoms with Crippen molar-refractivity contribution in [1.29, 1.82) is 0 Å². The van der Waals surface area contributed by atoms with Gasteiger partial charge >= 0.3 is 5.97 Å². The molecular weight excluding hydrogens is 511 g/mol. The van der Waals surface area contributed by atoms with E-state index in [0.29, 0.717) is 29.1 Å². The number of likely N-dealkylation sites (tertiary alicyclic amines) is 1. The Hall–Kier alpha value is -2.09. The van der Waals surface area contributed by atoms with Gasteiger partial charge in [-0.3, -0.25) is 9.69 Å². The third kappa shape index (κ3) is 5.84. The molecule has 0 N–H and O–H groups in total. The molecule has 6 rings (SSSR count). The van der Waals surface area contributed by atoms with Crippen LogP contribution in [0.15, 0.2) is 54.6 Å². The summed E-state index contributed by atoms with van der Waals surface area (Å²) in [5.41, 5.74) is 1.41. The lowest BCUT2D eigenvalue weighted by Gasteiger charge is -2.51. The molecule has 4 saturated heterocycles. The Morgan fingerprint density at radius 3 is 2.40 bits per heavy atom. The van der Waals surface area contributed by atoms with Crippen LogP contribution >= 0.6 is 0 Å². The minimum atomic E-state index is -0.389. The highest BCUT2D eigenvalue weighted by atomic mass is 79.9. The maximum atomic E-state index is 13.6. The number of ether oxygens (including phenoxy) is 1. The summed E-state index contributed by atoms with van der Waals surface area (Å²) in [6.45, 7) is 4.63. The Bertz CT molecular complexity index is 1020. The van der Waals surface area contributed by atoms with Gasteiger partial charge in [0.2, 0.25) is 5.78 Å². The van der Waals surface area contributed by atoms with E-state index in [2.05, 4.69) is 4.90 Å². The number of hydrogen-bond donors (Lipinski definition) is 0. The molecule has 188 valence electrons. The fourth-order valence-electron chi connectivity index (χ4n) is 6.16. The number of ketones is 1. The first-order valence-electron chi connectivity index (χ1n) is 12.7. The molecule has 1 unspecified atom stereocenters. The number of Topliss-reactive ketones (excluding diaryl/α,β-unsaturated/α-hetero) is 1. The molecule has 5 nitrogen and oxygen atoms in total. The lowest BCUT2D eigenvalue weighted by atomic mass is 9.82. The molecule has 7 heteroatoms. The van der Waals surface area contributed by atoms with E-state index >= 15 is 0 Å². The molecule has 2 bridgehead atoms. The molecule has 2 aromatic carbocycles. The SMILES string of the molecule is O=C(C[N+]12CCC(CC1)[C@@H](OC(=O)C(c1ccccc1)N1CCCCC1)C2)c1cccc(F)c1.[Br-]. The number of halogens is 2. The number of esters is 1. The van der Waals surface area contributed by atoms with Crippen molar-refractivity contribution in [1.82, 2.24) is 4.90 Å². The maximum Gasteiger partial charge on any atom is 0.328 e. The molecule has 0 aliphatic carbocycles. The number of nitrogens with zero attached hydrogens (tertiary/aromatic N) is 2. The van der Waals surface area contributed by atoms with Gasteiger partial charge in [-0.2, -0.15) is 0 Å². The number of carbonyl (C=O) groups excluding carboxylic acids is 2. The van der Waals surface area contributed by atoms with Crippen LogP contribution in [-0.2, 0) is 9.53 Å². The summed E-state index contributed by atoms with van der Waals surface area (Å²) < 4.78 is 20.5. The largest absolute Gasteiger partial charge is 1.00 e. The number of quaternary nitrogens is 1. The molecule has 0 radical (unpaired) electrons. The van der Waals surface area contributed by atoms with Crippen molar-refractivity contribution in [2.24, 2.45) is 5.92 Å². The maximum absolute atomic E-state index is 13.6. The second kappa shape index (κ2) is 11.3. The molecule has 0 spiro atoms. The van der Waals surface area contributed by atoms with Gasteiger partial charge in [0.15, 0.2) is 6.10 Å². The number of rotatable bonds is 7. The number of fused-ring (bicyclic) bond motifs is 3. The van der Waals surface area contributed by atoms with E-state index < -0.39 is 0 Å². The van der Waals surface area contributed by atoms with Crippen LogP contribution in [0, 0.1) is 11.7 Å². The van der Waals surface area contributed by atoms with E-state index in [4.69, 9.17) is 4.74 Å². The molecule has 2 aromatic rings. The Labute approximate surface area is 217 Å². The normalized spacial score (nSPS) is 27.0. The summed E-state index contributed by atoms with van der Waals surface area (Å²) in [6, 6.07) is 15.5. The average Bonchev–Trinajstić information content (AvgIpc) is 2.86. The third-order valence-corrected chi connectivity index (χ3v) is 8.03. The van der Waals surface area contributed by atoms with E-state index in [9.17, 15) is 14.0 Å². The van der Waals surface area contributed by atoms with E-state index in [-0.39, 0.29) is 46.7 Å². The molecule has 0 amide bonds. The number of benzene rings is 2. The van der Waals surface area contributed by atoms with E-state index in [0.717, 1.165) is 57.4 Å². The first-order valence-corrected chi connectivity index (χ1v) is 12.7. The summed E-state index contributed by atoms with van der Waals surface area (Å²) in [7, 11) is 0. The molecule has 4 aliphatic rings. The summed E-state index contributed by atoms with van der Waals surface area (Å²) in [4.78, 5) is 28.8. The van der Waals surface area contributed by atoms with Crippen molar-refractivity contribution in [3.8, 4) is 0 Å². The minimum Gasteiger partial charge on any atom is -1.00 e. The minimum absolute atomic E-state index is 0. The Morgan fingerprint density at radius 1 is 1.00 bits per heavy atom. The van der Waals surface area contributed by atoms with Gasteiger partial charge in [-0.1, -0.05) is 48.9 Å². The second-order valence-corrected chi connectivity index (χ2v) is 10.3. The van der Waals surface area contributed by atoms with Gasteiger partial charge in [0.05, 0.1) is 13.1 Å². The van der Waals surface area contributed by atoms with Gasteiger partial charge in [0.1, 0.15) is 24.9 Å². The Kier molecular flexibility index (Phi) is 8.40. The second-order valence-electron chi connectivity index (χ2n) is 10.3. The third-order valence-electron chi connectivity index (χ3n) is 8.03. The van der Waals surface area contributed by atoms with Crippen LogP contribution in [0.3, 0.4) is 0 Å². The molecular formula is C28H34BrFN2O3. The van der Waals surface area contributed by atoms with Crippen LogP contribution in [-0.4, -0.2) is 66.5 Å². The molecule has 4 heterocycles. The monoisotopic (exact) mass is 544 g/mol. The molecule has 4 fully saturated rings. The van der Waals surface area contributed by atoms with Gasteiger partial charge in [-0.05, 0) is 43.6 Å². The van der Waals surface area contributed by atoms with E-state index in [1.807, 2.05) is 30.3 Å². The zero-order valence-corrected chi connectivity index (χ0v) is 21.7. The van der Waals surface area contributed by atoms with Crippen LogP contribution in [0.2, 0.25) is 0 Å². The average molecular weight is 545 g/mol. The summed E-state index contributed by atoms with van der Waals surface area (Å²) in [5.74, 6) is -0.243. The standard InChI is InChI=1S/C28H34FN2O3.BrH/c29-24-11-7-10-23(18-24)25(32)19-31-16-12-21(13-17-31)26(20-31)34-28(33)27(22-8-3-1-4-9-22)30-14-5-2-6-15-30;/h1,3-4,7-11,18,21,26-27H,2,5-6,12-17,19-20H2;1H/q+1;/p-1/t21?,26-,27?,31?;/m0./s1. The zero-order valence-electron chi connectivity index (χ0n) is 20.1. The highest BCUT2D eigenvalue weighted by molar-refractivity contribution is 5.97. The first kappa shape index (κ1) is 26.0. The number of hydrogen-bond acceptors (Lipinski definition) is 4. The van der Waals surface area contributed by atoms with E-state index in [1.54, 1.807) is 12.1 Å². The van der Waals surface area contributed by atoms with Crippen LogP contribution in [0.1, 0.15) is 54.1 Å². The van der Waals surface area contributed by atoms with Crippen molar-refractivity contribution in [2.75, 3.05) is 39.3 Å². The van der Waals surface area contributed by atoms with Gasteiger partial charge in [0, 0.05) is 24.3 Å². The highest BCUT2D eigenvalue weighted by Gasteiger charge is 2.49. The van der Waals surface area contributed by atoms with Crippen molar-refractivity contribution in [3.05, 3.63) is 71.5 Å². The van der Waals surface area contributed by atoms with Crippen LogP contribution in [0.4, 0.5) is 4.39 Å². The lowest BCUT2D eigenvalue weighted by molar-refractivity contribution is -0.938. The van der Waals surface area contributed by atoms with Crippen LogP contribution in [0.25, 0.3) is 0 Å². The smallest absolute Gasteiger partial charge is 0.328 e.